The predicted octanol–water partition coefficient (Wildman–Crippen LogP) is 6.65. The van der Waals surface area contributed by atoms with Gasteiger partial charge in [-0.05, 0) is 55.2 Å². The van der Waals surface area contributed by atoms with Gasteiger partial charge in [0.15, 0.2) is 5.84 Å². The Kier molecular flexibility index (Phi) is 7.90. The molecule has 0 atom stereocenters. The molecular formula is C20H22F3N3. The van der Waals surface area contributed by atoms with Gasteiger partial charge in [-0.15, -0.1) is 5.11 Å². The van der Waals surface area contributed by atoms with Gasteiger partial charge in [-0.2, -0.15) is 13.2 Å². The molecule has 0 spiro atoms. The maximum Gasteiger partial charge on any atom is 0.416 e. The summed E-state index contributed by atoms with van der Waals surface area (Å²) >= 11 is 0. The lowest BCUT2D eigenvalue weighted by Crippen LogP contribution is -2.04. The molecule has 0 bridgehead atoms. The SMILES string of the molecule is C/C=C\c1cc(C(=N)N=N)ccc1C.CCc1ccc(C(F)(F)F)cc1. The predicted molar refractivity (Wildman–Crippen MR) is 98.7 cm³/mol. The molecule has 0 aromatic heterocycles. The molecule has 0 saturated heterocycles. The molecular weight excluding hydrogens is 339 g/mol. The van der Waals surface area contributed by atoms with E-state index < -0.39 is 11.7 Å². The molecule has 138 valence electrons. The third-order valence-electron chi connectivity index (χ3n) is 3.70. The fourth-order valence-electron chi connectivity index (χ4n) is 2.14. The van der Waals surface area contributed by atoms with Crippen LogP contribution in [0.3, 0.4) is 0 Å². The van der Waals surface area contributed by atoms with E-state index >= 15 is 0 Å². The Labute approximate surface area is 151 Å². The van der Waals surface area contributed by atoms with Gasteiger partial charge in [-0.1, -0.05) is 43.3 Å². The third-order valence-corrected chi connectivity index (χ3v) is 3.70. The Morgan fingerprint density at radius 1 is 1.12 bits per heavy atom. The number of hydrogen-bond acceptors (Lipinski definition) is 2. The smallest absolute Gasteiger partial charge is 0.281 e. The highest BCUT2D eigenvalue weighted by molar-refractivity contribution is 5.97. The van der Waals surface area contributed by atoms with Crippen molar-refractivity contribution in [1.82, 2.24) is 0 Å². The molecule has 0 saturated carbocycles. The van der Waals surface area contributed by atoms with Crippen molar-refractivity contribution in [2.75, 3.05) is 0 Å². The lowest BCUT2D eigenvalue weighted by Gasteiger charge is -2.06. The van der Waals surface area contributed by atoms with E-state index in [4.69, 9.17) is 10.9 Å². The van der Waals surface area contributed by atoms with Crippen LogP contribution in [0.5, 0.6) is 0 Å². The molecule has 0 heterocycles. The van der Waals surface area contributed by atoms with Crippen molar-refractivity contribution in [2.24, 2.45) is 5.11 Å². The van der Waals surface area contributed by atoms with Crippen LogP contribution in [-0.2, 0) is 12.6 Å². The molecule has 2 rings (SSSR count). The molecule has 0 radical (unpaired) electrons. The first-order chi connectivity index (χ1) is 12.2. The second kappa shape index (κ2) is 9.65. The normalized spacial score (nSPS) is 11.0. The van der Waals surface area contributed by atoms with Crippen molar-refractivity contribution in [2.45, 2.75) is 33.4 Å². The van der Waals surface area contributed by atoms with E-state index in [0.29, 0.717) is 5.56 Å². The second-order valence-electron chi connectivity index (χ2n) is 5.58. The summed E-state index contributed by atoms with van der Waals surface area (Å²) in [6, 6.07) is 10.8. The number of nitrogens with zero attached hydrogens (tertiary/aromatic N) is 1. The van der Waals surface area contributed by atoms with E-state index in [1.54, 1.807) is 0 Å². The van der Waals surface area contributed by atoms with Crippen LogP contribution in [-0.4, -0.2) is 5.84 Å². The van der Waals surface area contributed by atoms with Crippen LogP contribution in [0.4, 0.5) is 13.2 Å². The van der Waals surface area contributed by atoms with E-state index in [9.17, 15) is 13.2 Å². The van der Waals surface area contributed by atoms with E-state index in [1.807, 2.05) is 51.1 Å². The Morgan fingerprint density at radius 2 is 1.73 bits per heavy atom. The summed E-state index contributed by atoms with van der Waals surface area (Å²) in [5.74, 6) is -0.00393. The number of aryl methyl sites for hydroxylation is 2. The zero-order valence-electron chi connectivity index (χ0n) is 15.0. The molecule has 0 aliphatic carbocycles. The van der Waals surface area contributed by atoms with Crippen molar-refractivity contribution < 1.29 is 13.2 Å². The standard InChI is InChI=1S/C11H13N3.C9H9F3/c1-3-4-9-7-10(11(12)14-13)6-5-8(9)2;1-2-7-3-5-8(6-4-7)9(10,11)12/h3-7,12-13H,1-2H3;3-6H,2H2,1H3/b4-3-,12-11?,14-13?;. The molecule has 0 amide bonds. The van der Waals surface area contributed by atoms with Gasteiger partial charge in [-0.25, -0.2) is 5.53 Å². The Balaban J connectivity index is 0.000000263. The summed E-state index contributed by atoms with van der Waals surface area (Å²) < 4.78 is 36.1. The van der Waals surface area contributed by atoms with Crippen LogP contribution in [0.1, 0.15) is 41.7 Å². The number of nitrogens with one attached hydrogen (secondary N) is 2. The van der Waals surface area contributed by atoms with Gasteiger partial charge < -0.3 is 0 Å². The highest BCUT2D eigenvalue weighted by atomic mass is 19.4. The second-order valence-corrected chi connectivity index (χ2v) is 5.58. The summed E-state index contributed by atoms with van der Waals surface area (Å²) in [5.41, 5.74) is 9.99. The van der Waals surface area contributed by atoms with E-state index in [1.165, 1.54) is 12.1 Å². The van der Waals surface area contributed by atoms with Crippen molar-refractivity contribution in [1.29, 1.82) is 10.9 Å². The van der Waals surface area contributed by atoms with Crippen LogP contribution in [0.25, 0.3) is 6.08 Å². The summed E-state index contributed by atoms with van der Waals surface area (Å²) in [6.45, 7) is 5.87. The molecule has 0 fully saturated rings. The van der Waals surface area contributed by atoms with E-state index in [0.717, 1.165) is 35.2 Å². The highest BCUT2D eigenvalue weighted by Gasteiger charge is 2.29. The first kappa shape index (κ1) is 21.3. The number of rotatable bonds is 3. The van der Waals surface area contributed by atoms with Crippen molar-refractivity contribution in [3.8, 4) is 0 Å². The van der Waals surface area contributed by atoms with Crippen LogP contribution in [0.2, 0.25) is 0 Å². The summed E-state index contributed by atoms with van der Waals surface area (Å²) in [4.78, 5) is 0. The fraction of sp³-hybridized carbons (Fsp3) is 0.250. The first-order valence-corrected chi connectivity index (χ1v) is 8.08. The fourth-order valence-corrected chi connectivity index (χ4v) is 2.14. The van der Waals surface area contributed by atoms with Gasteiger partial charge >= 0.3 is 6.18 Å². The first-order valence-electron chi connectivity index (χ1n) is 8.08. The van der Waals surface area contributed by atoms with Crippen LogP contribution in [0, 0.1) is 17.9 Å². The Bertz CT molecular complexity index is 776. The molecule has 2 aromatic carbocycles. The monoisotopic (exact) mass is 361 g/mol. The average molecular weight is 361 g/mol. The number of benzene rings is 2. The summed E-state index contributed by atoms with van der Waals surface area (Å²) in [5, 5.41) is 10.5. The lowest BCUT2D eigenvalue weighted by atomic mass is 10.0. The Hall–Kier alpha value is -2.76. The zero-order chi connectivity index (χ0) is 19.7. The van der Waals surface area contributed by atoms with Gasteiger partial charge in [0.05, 0.1) is 5.56 Å². The number of halogens is 3. The average Bonchev–Trinajstić information content (AvgIpc) is 2.63. The number of hydrogen-bond donors (Lipinski definition) is 2. The third kappa shape index (κ3) is 6.27. The quantitative estimate of drug-likeness (QED) is 0.349. The molecule has 2 aromatic rings. The number of allylic oxidation sites excluding steroid dienone is 1. The van der Waals surface area contributed by atoms with E-state index in [-0.39, 0.29) is 5.84 Å². The Morgan fingerprint density at radius 3 is 2.19 bits per heavy atom. The van der Waals surface area contributed by atoms with Gasteiger partial charge in [0.25, 0.3) is 0 Å². The molecule has 0 aliphatic heterocycles. The maximum atomic E-state index is 12.0. The van der Waals surface area contributed by atoms with Crippen LogP contribution >= 0.6 is 0 Å². The van der Waals surface area contributed by atoms with Crippen molar-refractivity contribution in [3.05, 3.63) is 76.4 Å². The van der Waals surface area contributed by atoms with Crippen molar-refractivity contribution in [3.63, 3.8) is 0 Å². The molecule has 2 N–H and O–H groups in total. The topological polar surface area (TPSA) is 60.1 Å². The minimum atomic E-state index is -4.22. The van der Waals surface area contributed by atoms with Crippen LogP contribution < -0.4 is 0 Å². The van der Waals surface area contributed by atoms with Crippen molar-refractivity contribution >= 4 is 11.9 Å². The summed E-state index contributed by atoms with van der Waals surface area (Å²) in [6.07, 6.45) is 0.480. The summed E-state index contributed by atoms with van der Waals surface area (Å²) in [7, 11) is 0. The van der Waals surface area contributed by atoms with Gasteiger partial charge in [0, 0.05) is 5.56 Å². The van der Waals surface area contributed by atoms with E-state index in [2.05, 4.69) is 5.11 Å². The molecule has 0 aliphatic rings. The maximum absolute atomic E-state index is 12.0. The van der Waals surface area contributed by atoms with Crippen LogP contribution in [0.15, 0.2) is 53.7 Å². The van der Waals surface area contributed by atoms with Gasteiger partial charge in [-0.3, -0.25) is 5.41 Å². The van der Waals surface area contributed by atoms with Gasteiger partial charge in [0.2, 0.25) is 0 Å². The lowest BCUT2D eigenvalue weighted by molar-refractivity contribution is -0.137. The minimum absolute atomic E-state index is 0.00393. The molecule has 6 heteroatoms. The molecule has 0 unspecified atom stereocenters. The highest BCUT2D eigenvalue weighted by Crippen LogP contribution is 2.29. The molecule has 3 nitrogen and oxygen atoms in total. The number of amidine groups is 1. The molecule has 26 heavy (non-hydrogen) atoms. The van der Waals surface area contributed by atoms with Gasteiger partial charge in [0.1, 0.15) is 0 Å². The zero-order valence-corrected chi connectivity index (χ0v) is 15.0. The minimum Gasteiger partial charge on any atom is -0.281 e. The largest absolute Gasteiger partial charge is 0.416 e. The number of alkyl halides is 3.